The Kier molecular flexibility index (Phi) is 5.57. The first-order chi connectivity index (χ1) is 13.5. The number of pyridine rings is 1. The van der Waals surface area contributed by atoms with Gasteiger partial charge in [-0.15, -0.1) is 0 Å². The number of amides is 2. The Morgan fingerprint density at radius 2 is 1.86 bits per heavy atom. The summed E-state index contributed by atoms with van der Waals surface area (Å²) in [5.74, 6) is -0.320. The number of carbonyl (C=O) groups is 2. The van der Waals surface area contributed by atoms with Crippen molar-refractivity contribution in [2.45, 2.75) is 50.4 Å². The first kappa shape index (κ1) is 21.1. The predicted octanol–water partition coefficient (Wildman–Crippen LogP) is 1.87. The van der Waals surface area contributed by atoms with Crippen molar-refractivity contribution in [3.05, 3.63) is 30.1 Å². The van der Waals surface area contributed by atoms with Gasteiger partial charge < -0.3 is 15.0 Å². The molecular weight excluding hydrogens is 396 g/mol. The van der Waals surface area contributed by atoms with Crippen molar-refractivity contribution in [3.63, 3.8) is 0 Å². The number of alkyl carbamates (subject to hydrolysis) is 1. The molecular formula is C19H26N4O5S. The number of carbonyl (C=O) groups excluding carboxylic acids is 2. The van der Waals surface area contributed by atoms with Gasteiger partial charge in [-0.25, -0.2) is 18.2 Å². The molecule has 0 spiro atoms. The topological polar surface area (TPSA) is 110 Å². The number of rotatable bonds is 3. The van der Waals surface area contributed by atoms with Crippen LogP contribution in [0.5, 0.6) is 0 Å². The summed E-state index contributed by atoms with van der Waals surface area (Å²) >= 11 is 0. The molecule has 158 valence electrons. The molecule has 2 aromatic rings. The predicted molar refractivity (Wildman–Crippen MR) is 107 cm³/mol. The van der Waals surface area contributed by atoms with Gasteiger partial charge in [0, 0.05) is 31.6 Å². The van der Waals surface area contributed by atoms with Crippen LogP contribution < -0.4 is 5.32 Å². The smallest absolute Gasteiger partial charge is 0.407 e. The van der Waals surface area contributed by atoms with E-state index in [4.69, 9.17) is 4.74 Å². The molecule has 9 nitrogen and oxygen atoms in total. The molecule has 29 heavy (non-hydrogen) atoms. The Balaban J connectivity index is 1.71. The molecule has 1 saturated heterocycles. The van der Waals surface area contributed by atoms with Crippen LogP contribution in [0, 0.1) is 0 Å². The zero-order valence-corrected chi connectivity index (χ0v) is 17.8. The third-order valence-corrected chi connectivity index (χ3v) is 5.50. The molecule has 3 heterocycles. The average Bonchev–Trinajstić information content (AvgIpc) is 3.00. The number of ether oxygens (including phenoxy) is 1. The number of hydrogen-bond donors (Lipinski definition) is 1. The van der Waals surface area contributed by atoms with Crippen molar-refractivity contribution < 1.29 is 22.7 Å². The third-order valence-electron chi connectivity index (χ3n) is 4.55. The van der Waals surface area contributed by atoms with Crippen molar-refractivity contribution in [1.82, 2.24) is 19.6 Å². The molecule has 0 aliphatic carbocycles. The molecule has 1 aliphatic heterocycles. The highest BCUT2D eigenvalue weighted by Crippen LogP contribution is 2.21. The molecule has 10 heteroatoms. The summed E-state index contributed by atoms with van der Waals surface area (Å²) in [5.41, 5.74) is -0.00299. The Hall–Kier alpha value is -2.62. The first-order valence-corrected chi connectivity index (χ1v) is 11.3. The average molecular weight is 423 g/mol. The number of sulfone groups is 1. The van der Waals surface area contributed by atoms with Crippen molar-refractivity contribution >= 4 is 27.4 Å². The highest BCUT2D eigenvalue weighted by atomic mass is 32.2. The normalized spacial score (nSPS) is 16.1. The van der Waals surface area contributed by atoms with Crippen LogP contribution in [0.4, 0.5) is 4.79 Å². The Labute approximate surface area is 170 Å². The molecule has 0 bridgehead atoms. The van der Waals surface area contributed by atoms with Crippen LogP contribution in [0.2, 0.25) is 0 Å². The van der Waals surface area contributed by atoms with Gasteiger partial charge in [-0.3, -0.25) is 9.20 Å². The highest BCUT2D eigenvalue weighted by molar-refractivity contribution is 7.90. The Bertz CT molecular complexity index is 1030. The second-order valence-corrected chi connectivity index (χ2v) is 10.1. The summed E-state index contributed by atoms with van der Waals surface area (Å²) in [6, 6.07) is 5.01. The van der Waals surface area contributed by atoms with Crippen LogP contribution in [-0.2, 0) is 14.6 Å². The molecule has 3 rings (SSSR count). The summed E-state index contributed by atoms with van der Waals surface area (Å²) in [7, 11) is -3.59. The number of imidazole rings is 1. The fourth-order valence-electron chi connectivity index (χ4n) is 3.28. The summed E-state index contributed by atoms with van der Waals surface area (Å²) in [6.07, 6.45) is 3.33. The van der Waals surface area contributed by atoms with E-state index in [2.05, 4.69) is 10.3 Å². The zero-order chi connectivity index (χ0) is 21.4. The fourth-order valence-corrected chi connectivity index (χ4v) is 4.05. The molecule has 0 saturated carbocycles. The van der Waals surface area contributed by atoms with E-state index in [9.17, 15) is 18.0 Å². The maximum absolute atomic E-state index is 13.0. The van der Waals surface area contributed by atoms with Gasteiger partial charge in [-0.1, -0.05) is 6.07 Å². The number of likely N-dealkylation sites (tertiary alicyclic amines) is 1. The summed E-state index contributed by atoms with van der Waals surface area (Å²) < 4.78 is 30.8. The van der Waals surface area contributed by atoms with Crippen LogP contribution in [0.15, 0.2) is 29.6 Å². The monoisotopic (exact) mass is 422 g/mol. The SMILES string of the molecule is CC(C)(C)OC(=O)NC1CCN(C(=O)c2nc(S(C)(=O)=O)n3ccccc23)CC1. The fraction of sp³-hybridized carbons (Fsp3) is 0.526. The summed E-state index contributed by atoms with van der Waals surface area (Å²) in [4.78, 5) is 30.7. The summed E-state index contributed by atoms with van der Waals surface area (Å²) in [6.45, 7) is 6.26. The number of nitrogens with zero attached hydrogens (tertiary/aromatic N) is 3. The lowest BCUT2D eigenvalue weighted by Crippen LogP contribution is -2.47. The molecule has 0 aromatic carbocycles. The van der Waals surface area contributed by atoms with Gasteiger partial charge in [0.2, 0.25) is 15.0 Å². The number of fused-ring (bicyclic) bond motifs is 1. The van der Waals surface area contributed by atoms with Crippen LogP contribution >= 0.6 is 0 Å². The number of piperidine rings is 1. The Morgan fingerprint density at radius 1 is 1.21 bits per heavy atom. The summed E-state index contributed by atoms with van der Waals surface area (Å²) in [5, 5.41) is 2.68. The maximum Gasteiger partial charge on any atom is 0.407 e. The highest BCUT2D eigenvalue weighted by Gasteiger charge is 2.30. The van der Waals surface area contributed by atoms with Crippen LogP contribution in [-0.4, -0.2) is 65.7 Å². The minimum atomic E-state index is -3.59. The largest absolute Gasteiger partial charge is 0.444 e. The molecule has 0 radical (unpaired) electrons. The van der Waals surface area contributed by atoms with E-state index in [0.29, 0.717) is 31.4 Å². The van der Waals surface area contributed by atoms with Gasteiger partial charge in [0.25, 0.3) is 5.91 Å². The van der Waals surface area contributed by atoms with Crippen LogP contribution in [0.1, 0.15) is 44.1 Å². The molecule has 2 aromatic heterocycles. The van der Waals surface area contributed by atoms with E-state index >= 15 is 0 Å². The van der Waals surface area contributed by atoms with Gasteiger partial charge in [0.1, 0.15) is 5.60 Å². The van der Waals surface area contributed by atoms with Crippen molar-refractivity contribution in [2.24, 2.45) is 0 Å². The third kappa shape index (κ3) is 4.87. The van der Waals surface area contributed by atoms with Gasteiger partial charge in [-0.05, 0) is 45.7 Å². The van der Waals surface area contributed by atoms with Crippen molar-refractivity contribution in [2.75, 3.05) is 19.3 Å². The quantitative estimate of drug-likeness (QED) is 0.809. The Morgan fingerprint density at radius 3 is 2.45 bits per heavy atom. The number of nitrogens with one attached hydrogen (secondary N) is 1. The van der Waals surface area contributed by atoms with E-state index < -0.39 is 21.5 Å². The van der Waals surface area contributed by atoms with E-state index in [1.807, 2.05) is 0 Å². The van der Waals surface area contributed by atoms with Gasteiger partial charge in [-0.2, -0.15) is 0 Å². The standard InChI is InChI=1S/C19H26N4O5S/c1-19(2,3)28-18(25)20-13-8-11-22(12-9-13)16(24)15-14-7-5-6-10-23(14)17(21-15)29(4,26)27/h5-7,10,13H,8-9,11-12H2,1-4H3,(H,20,25). The molecule has 0 atom stereocenters. The van der Waals surface area contributed by atoms with E-state index in [-0.39, 0.29) is 22.8 Å². The zero-order valence-electron chi connectivity index (χ0n) is 17.0. The molecule has 2 amide bonds. The molecule has 0 unspecified atom stereocenters. The minimum Gasteiger partial charge on any atom is -0.444 e. The van der Waals surface area contributed by atoms with Gasteiger partial charge in [0.15, 0.2) is 5.69 Å². The second kappa shape index (κ2) is 7.66. The molecule has 1 fully saturated rings. The van der Waals surface area contributed by atoms with Gasteiger partial charge >= 0.3 is 6.09 Å². The van der Waals surface area contributed by atoms with E-state index in [0.717, 1.165) is 6.26 Å². The number of hydrogen-bond acceptors (Lipinski definition) is 6. The van der Waals surface area contributed by atoms with Crippen molar-refractivity contribution in [3.8, 4) is 0 Å². The second-order valence-electron chi connectivity index (χ2n) is 8.18. The lowest BCUT2D eigenvalue weighted by Gasteiger charge is -2.32. The van der Waals surface area contributed by atoms with Gasteiger partial charge in [0.05, 0.1) is 5.52 Å². The lowest BCUT2D eigenvalue weighted by atomic mass is 10.0. The molecule has 1 N–H and O–H groups in total. The maximum atomic E-state index is 13.0. The lowest BCUT2D eigenvalue weighted by molar-refractivity contribution is 0.0473. The van der Waals surface area contributed by atoms with E-state index in [1.165, 1.54) is 4.40 Å². The number of aromatic nitrogens is 2. The molecule has 1 aliphatic rings. The van der Waals surface area contributed by atoms with Crippen molar-refractivity contribution in [1.29, 1.82) is 0 Å². The van der Waals surface area contributed by atoms with Crippen LogP contribution in [0.25, 0.3) is 5.52 Å². The first-order valence-electron chi connectivity index (χ1n) is 9.41. The van der Waals surface area contributed by atoms with Crippen LogP contribution in [0.3, 0.4) is 0 Å². The van der Waals surface area contributed by atoms with E-state index in [1.54, 1.807) is 50.1 Å². The minimum absolute atomic E-state index is 0.0841.